The molecule has 0 fully saturated rings. The third-order valence-electron chi connectivity index (χ3n) is 4.20. The van der Waals surface area contributed by atoms with Crippen LogP contribution in [0, 0.1) is 6.92 Å². The number of hydrogen-bond acceptors (Lipinski definition) is 6. The molecule has 0 aliphatic rings. The number of hydrogen-bond donors (Lipinski definition) is 1. The topological polar surface area (TPSA) is 112 Å². The van der Waals surface area contributed by atoms with Gasteiger partial charge in [-0.3, -0.25) is 4.72 Å². The van der Waals surface area contributed by atoms with E-state index >= 15 is 0 Å². The molecule has 0 aliphatic carbocycles. The van der Waals surface area contributed by atoms with Crippen molar-refractivity contribution < 1.29 is 26.4 Å². The molecule has 0 amide bonds. The Morgan fingerprint density at radius 3 is 2.28 bits per heavy atom. The van der Waals surface area contributed by atoms with Crippen molar-refractivity contribution in [3.63, 3.8) is 0 Å². The van der Waals surface area contributed by atoms with Crippen molar-refractivity contribution in [1.82, 2.24) is 3.97 Å². The molecule has 0 saturated heterocycles. The van der Waals surface area contributed by atoms with E-state index in [2.05, 4.69) is 4.72 Å². The van der Waals surface area contributed by atoms with Gasteiger partial charge in [-0.2, -0.15) is 0 Å². The summed E-state index contributed by atoms with van der Waals surface area (Å²) in [7, 11) is -7.27. The molecule has 2 aromatic carbocycles. The molecule has 0 spiro atoms. The maximum absolute atomic E-state index is 12.8. The van der Waals surface area contributed by atoms with Gasteiger partial charge in [0.15, 0.2) is 0 Å². The monoisotopic (exact) mass is 436 g/mol. The Morgan fingerprint density at radius 2 is 1.69 bits per heavy atom. The highest BCUT2D eigenvalue weighted by Crippen LogP contribution is 2.31. The van der Waals surface area contributed by atoms with Crippen LogP contribution in [0.1, 0.15) is 21.6 Å². The standard InChI is InChI=1S/C19H20N2O6S2/c1-13-18(19(22)27-12-14-7-5-4-6-8-14)16-11-15(20-28(2,23)24)9-10-17(16)21(13)29(3,25)26/h4-11,20H,12H2,1-3H3. The van der Waals surface area contributed by atoms with Crippen LogP contribution in [0.2, 0.25) is 0 Å². The smallest absolute Gasteiger partial charge is 0.340 e. The summed E-state index contributed by atoms with van der Waals surface area (Å²) in [6, 6.07) is 13.4. The quantitative estimate of drug-likeness (QED) is 0.594. The van der Waals surface area contributed by atoms with Crippen LogP contribution in [0.5, 0.6) is 0 Å². The number of nitrogens with zero attached hydrogens (tertiary/aromatic N) is 1. The molecule has 3 rings (SSSR count). The molecule has 29 heavy (non-hydrogen) atoms. The molecular formula is C19H20N2O6S2. The highest BCUT2D eigenvalue weighted by molar-refractivity contribution is 7.92. The molecule has 1 heterocycles. The second-order valence-corrected chi connectivity index (χ2v) is 10.2. The number of sulfonamides is 1. The molecule has 3 aromatic rings. The average molecular weight is 437 g/mol. The lowest BCUT2D eigenvalue weighted by molar-refractivity contribution is 0.0474. The molecule has 0 aliphatic heterocycles. The zero-order valence-corrected chi connectivity index (χ0v) is 17.7. The summed E-state index contributed by atoms with van der Waals surface area (Å²) in [6.07, 6.45) is 2.03. The zero-order valence-electron chi connectivity index (χ0n) is 16.0. The van der Waals surface area contributed by atoms with E-state index < -0.39 is 26.0 Å². The number of benzene rings is 2. The van der Waals surface area contributed by atoms with Gasteiger partial charge in [-0.1, -0.05) is 30.3 Å². The molecule has 0 saturated carbocycles. The predicted molar refractivity (Wildman–Crippen MR) is 111 cm³/mol. The summed E-state index contributed by atoms with van der Waals surface area (Å²) >= 11 is 0. The van der Waals surface area contributed by atoms with Crippen LogP contribution in [-0.2, 0) is 31.4 Å². The van der Waals surface area contributed by atoms with Crippen LogP contribution in [0.25, 0.3) is 10.9 Å². The van der Waals surface area contributed by atoms with Gasteiger partial charge in [0.25, 0.3) is 0 Å². The van der Waals surface area contributed by atoms with Crippen molar-refractivity contribution in [3.05, 3.63) is 65.4 Å². The molecule has 154 valence electrons. The Bertz CT molecular complexity index is 1290. The van der Waals surface area contributed by atoms with Crippen molar-refractivity contribution in [3.8, 4) is 0 Å². The second-order valence-electron chi connectivity index (χ2n) is 6.66. The van der Waals surface area contributed by atoms with Crippen LogP contribution in [0.15, 0.2) is 48.5 Å². The van der Waals surface area contributed by atoms with Crippen molar-refractivity contribution >= 4 is 42.6 Å². The third kappa shape index (κ3) is 4.60. The van der Waals surface area contributed by atoms with Gasteiger partial charge in [0, 0.05) is 16.8 Å². The maximum atomic E-state index is 12.8. The highest BCUT2D eigenvalue weighted by Gasteiger charge is 2.25. The average Bonchev–Trinajstić information content (AvgIpc) is 2.90. The summed E-state index contributed by atoms with van der Waals surface area (Å²) in [5.41, 5.74) is 1.51. The van der Waals surface area contributed by atoms with Crippen LogP contribution >= 0.6 is 0 Å². The number of fused-ring (bicyclic) bond motifs is 1. The fraction of sp³-hybridized carbons (Fsp3) is 0.211. The van der Waals surface area contributed by atoms with E-state index in [1.165, 1.54) is 25.1 Å². The number of carbonyl (C=O) groups excluding carboxylic acids is 1. The van der Waals surface area contributed by atoms with Gasteiger partial charge in [0.1, 0.15) is 6.61 Å². The van der Waals surface area contributed by atoms with E-state index in [9.17, 15) is 21.6 Å². The van der Waals surface area contributed by atoms with Gasteiger partial charge in [0.2, 0.25) is 20.0 Å². The first-order valence-corrected chi connectivity index (χ1v) is 12.3. The Balaban J connectivity index is 2.11. The lowest BCUT2D eigenvalue weighted by atomic mass is 10.1. The summed E-state index contributed by atoms with van der Waals surface area (Å²) in [5, 5.41) is 0.277. The highest BCUT2D eigenvalue weighted by atomic mass is 32.2. The fourth-order valence-corrected chi connectivity index (χ4v) is 4.81. The molecule has 0 unspecified atom stereocenters. The third-order valence-corrected chi connectivity index (χ3v) is 5.94. The minimum atomic E-state index is -3.72. The lowest BCUT2D eigenvalue weighted by Gasteiger charge is -2.06. The first-order valence-electron chi connectivity index (χ1n) is 8.52. The number of ether oxygens (including phenoxy) is 1. The van der Waals surface area contributed by atoms with Crippen LogP contribution in [0.4, 0.5) is 5.69 Å². The van der Waals surface area contributed by atoms with E-state index in [0.717, 1.165) is 22.0 Å². The minimum absolute atomic E-state index is 0.0198. The maximum Gasteiger partial charge on any atom is 0.340 e. The molecule has 0 radical (unpaired) electrons. The van der Waals surface area contributed by atoms with Gasteiger partial charge in [-0.05, 0) is 30.7 Å². The van der Waals surface area contributed by atoms with Gasteiger partial charge in [-0.25, -0.2) is 25.6 Å². The molecule has 0 atom stereocenters. The Kier molecular flexibility index (Phi) is 5.42. The molecule has 8 nitrogen and oxygen atoms in total. The largest absolute Gasteiger partial charge is 0.457 e. The molecular weight excluding hydrogens is 416 g/mol. The van der Waals surface area contributed by atoms with Crippen LogP contribution < -0.4 is 4.72 Å². The number of rotatable bonds is 6. The first-order chi connectivity index (χ1) is 13.5. The predicted octanol–water partition coefficient (Wildman–Crippen LogP) is 2.49. The van der Waals surface area contributed by atoms with Crippen LogP contribution in [0.3, 0.4) is 0 Å². The van der Waals surface area contributed by atoms with Gasteiger partial charge >= 0.3 is 5.97 Å². The van der Waals surface area contributed by atoms with Crippen molar-refractivity contribution in [2.45, 2.75) is 13.5 Å². The van der Waals surface area contributed by atoms with E-state index in [0.29, 0.717) is 0 Å². The van der Waals surface area contributed by atoms with Crippen LogP contribution in [-0.4, -0.2) is 39.3 Å². The minimum Gasteiger partial charge on any atom is -0.457 e. The number of esters is 1. The summed E-state index contributed by atoms with van der Waals surface area (Å²) < 4.78 is 56.4. The Hall–Kier alpha value is -2.85. The van der Waals surface area contributed by atoms with Gasteiger partial charge in [0.05, 0.1) is 23.6 Å². The first kappa shape index (κ1) is 20.9. The Labute approximate surface area is 169 Å². The van der Waals surface area contributed by atoms with Gasteiger partial charge < -0.3 is 4.74 Å². The SMILES string of the molecule is Cc1c(C(=O)OCc2ccccc2)c2cc(NS(C)(=O)=O)ccc2n1S(C)(=O)=O. The summed E-state index contributed by atoms with van der Waals surface area (Å²) in [6.45, 7) is 1.52. The fourth-order valence-electron chi connectivity index (χ4n) is 3.15. The number of aromatic nitrogens is 1. The molecule has 10 heteroatoms. The Morgan fingerprint density at radius 1 is 1.03 bits per heavy atom. The molecule has 0 bridgehead atoms. The van der Waals surface area contributed by atoms with E-state index in [4.69, 9.17) is 4.74 Å². The van der Waals surface area contributed by atoms with E-state index in [1.807, 2.05) is 18.2 Å². The van der Waals surface area contributed by atoms with E-state index in [-0.39, 0.29) is 34.5 Å². The van der Waals surface area contributed by atoms with Gasteiger partial charge in [-0.15, -0.1) is 0 Å². The zero-order chi connectivity index (χ0) is 21.4. The summed E-state index contributed by atoms with van der Waals surface area (Å²) in [5.74, 6) is -0.699. The van der Waals surface area contributed by atoms with Crippen molar-refractivity contribution in [2.75, 3.05) is 17.2 Å². The second kappa shape index (κ2) is 7.53. The normalized spacial score (nSPS) is 12.1. The number of nitrogens with one attached hydrogen (secondary N) is 1. The molecule has 1 N–H and O–H groups in total. The number of anilines is 1. The van der Waals surface area contributed by atoms with Crippen molar-refractivity contribution in [2.24, 2.45) is 0 Å². The number of carbonyl (C=O) groups is 1. The molecule has 1 aromatic heterocycles. The summed E-state index contributed by atoms with van der Waals surface area (Å²) in [4.78, 5) is 12.8. The lowest BCUT2D eigenvalue weighted by Crippen LogP contribution is -2.13. The van der Waals surface area contributed by atoms with Crippen molar-refractivity contribution in [1.29, 1.82) is 0 Å². The van der Waals surface area contributed by atoms with E-state index in [1.54, 1.807) is 12.1 Å².